The molecule has 3 heteroatoms. The van der Waals surface area contributed by atoms with Crippen LogP contribution in [-0.2, 0) is 29.5 Å². The quantitative estimate of drug-likeness (QED) is 0.743. The molecule has 0 bridgehead atoms. The largest absolute Gasteiger partial charge is 0.372 e. The Morgan fingerprint density at radius 1 is 0.800 bits per heavy atom. The molecule has 0 aliphatic carbocycles. The smallest absolute Gasteiger partial charge is 0.0721 e. The summed E-state index contributed by atoms with van der Waals surface area (Å²) in [6.07, 6.45) is 2.12. The van der Waals surface area contributed by atoms with E-state index in [9.17, 15) is 0 Å². The van der Waals surface area contributed by atoms with E-state index in [1.165, 1.54) is 22.3 Å². The van der Waals surface area contributed by atoms with E-state index in [1.807, 2.05) is 11.8 Å². The molecule has 0 aromatic heterocycles. The van der Waals surface area contributed by atoms with Crippen molar-refractivity contribution in [1.29, 1.82) is 0 Å². The highest BCUT2D eigenvalue weighted by molar-refractivity contribution is 7.97. The molecule has 106 valence electrons. The van der Waals surface area contributed by atoms with Crippen LogP contribution in [0.2, 0.25) is 0 Å². The van der Waals surface area contributed by atoms with Crippen LogP contribution in [0.5, 0.6) is 0 Å². The molecule has 0 saturated heterocycles. The predicted molar refractivity (Wildman–Crippen MR) is 91.3 cm³/mol. The molecule has 0 fully saturated rings. The first-order valence-corrected chi connectivity index (χ1v) is 8.67. The molecule has 0 aliphatic heterocycles. The molecule has 0 N–H and O–H groups in total. The predicted octanol–water partition coefficient (Wildman–Crippen LogP) is 4.70. The minimum absolute atomic E-state index is 0.652. The van der Waals surface area contributed by atoms with Crippen molar-refractivity contribution in [2.24, 2.45) is 0 Å². The summed E-state index contributed by atoms with van der Waals surface area (Å²) >= 11 is 6.10. The summed E-state index contributed by atoms with van der Waals surface area (Å²) in [5.41, 5.74) is 5.03. The summed E-state index contributed by atoms with van der Waals surface area (Å²) in [7, 11) is 0. The second kappa shape index (κ2) is 8.40. The average Bonchev–Trinajstić information content (AvgIpc) is 2.50. The second-order valence-corrected chi connectivity index (χ2v) is 5.90. The zero-order chi connectivity index (χ0) is 14.2. The van der Waals surface area contributed by atoms with E-state index < -0.39 is 0 Å². The van der Waals surface area contributed by atoms with Gasteiger partial charge in [-0.15, -0.1) is 0 Å². The number of thioether (sulfide) groups is 1. The number of thiol groups is 1. The fraction of sp³-hybridized carbons (Fsp3) is 0.294. The second-order valence-electron chi connectivity index (χ2n) is 4.72. The van der Waals surface area contributed by atoms with E-state index in [2.05, 4.69) is 67.4 Å². The minimum atomic E-state index is 0.652. The molecule has 0 spiro atoms. The first kappa shape index (κ1) is 15.5. The molecular formula is C17H20OS2. The van der Waals surface area contributed by atoms with Gasteiger partial charge >= 0.3 is 0 Å². The van der Waals surface area contributed by atoms with Crippen LogP contribution < -0.4 is 0 Å². The molecule has 1 nitrogen and oxygen atoms in total. The zero-order valence-corrected chi connectivity index (χ0v) is 13.4. The van der Waals surface area contributed by atoms with Crippen molar-refractivity contribution in [3.8, 4) is 0 Å². The van der Waals surface area contributed by atoms with Gasteiger partial charge in [0, 0.05) is 11.5 Å². The van der Waals surface area contributed by atoms with Crippen LogP contribution >= 0.6 is 24.4 Å². The molecule has 2 aromatic carbocycles. The third kappa shape index (κ3) is 4.89. The normalized spacial score (nSPS) is 10.7. The van der Waals surface area contributed by atoms with Crippen molar-refractivity contribution in [3.63, 3.8) is 0 Å². The molecule has 2 aromatic rings. The summed E-state index contributed by atoms with van der Waals surface area (Å²) in [5.74, 6) is 1.85. The fourth-order valence-corrected chi connectivity index (χ4v) is 2.66. The van der Waals surface area contributed by atoms with Gasteiger partial charge in [0.15, 0.2) is 0 Å². The first-order chi connectivity index (χ1) is 9.81. The van der Waals surface area contributed by atoms with Crippen LogP contribution in [0.4, 0.5) is 0 Å². The SMILES string of the molecule is CSCc1ccc(COCc2ccc(CS)cc2)cc1. The third-order valence-corrected chi connectivity index (χ3v) is 4.06. The van der Waals surface area contributed by atoms with Crippen LogP contribution in [0.15, 0.2) is 48.5 Å². The third-order valence-electron chi connectivity index (χ3n) is 3.08. The van der Waals surface area contributed by atoms with Crippen LogP contribution in [0.1, 0.15) is 22.3 Å². The fourth-order valence-electron chi connectivity index (χ4n) is 1.93. The van der Waals surface area contributed by atoms with E-state index >= 15 is 0 Å². The van der Waals surface area contributed by atoms with E-state index in [4.69, 9.17) is 4.74 Å². The highest BCUT2D eigenvalue weighted by atomic mass is 32.2. The van der Waals surface area contributed by atoms with Gasteiger partial charge in [-0.2, -0.15) is 24.4 Å². The molecular weight excluding hydrogens is 284 g/mol. The Balaban J connectivity index is 1.79. The lowest BCUT2D eigenvalue weighted by Gasteiger charge is -2.06. The highest BCUT2D eigenvalue weighted by Gasteiger charge is 1.97. The lowest BCUT2D eigenvalue weighted by atomic mass is 10.1. The maximum absolute atomic E-state index is 5.75. The van der Waals surface area contributed by atoms with Gasteiger partial charge in [-0.3, -0.25) is 0 Å². The maximum atomic E-state index is 5.75. The molecule has 0 unspecified atom stereocenters. The van der Waals surface area contributed by atoms with E-state index in [0.717, 1.165) is 11.5 Å². The Hall–Kier alpha value is -0.900. The van der Waals surface area contributed by atoms with Crippen LogP contribution in [-0.4, -0.2) is 6.26 Å². The molecule has 20 heavy (non-hydrogen) atoms. The summed E-state index contributed by atoms with van der Waals surface area (Å²) in [6, 6.07) is 17.1. The Labute approximate surface area is 131 Å². The van der Waals surface area contributed by atoms with Gasteiger partial charge in [0.1, 0.15) is 0 Å². The van der Waals surface area contributed by atoms with Crippen molar-refractivity contribution >= 4 is 24.4 Å². The Morgan fingerprint density at radius 3 is 1.70 bits per heavy atom. The summed E-state index contributed by atoms with van der Waals surface area (Å²) < 4.78 is 5.75. The van der Waals surface area contributed by atoms with Crippen molar-refractivity contribution in [2.75, 3.05) is 6.26 Å². The van der Waals surface area contributed by atoms with Crippen LogP contribution in [0.25, 0.3) is 0 Å². The monoisotopic (exact) mass is 304 g/mol. The molecule has 0 aliphatic rings. The van der Waals surface area contributed by atoms with Crippen LogP contribution in [0.3, 0.4) is 0 Å². The van der Waals surface area contributed by atoms with Crippen molar-refractivity contribution in [2.45, 2.75) is 24.7 Å². The van der Waals surface area contributed by atoms with Crippen molar-refractivity contribution < 1.29 is 4.74 Å². The molecule has 2 rings (SSSR count). The number of benzene rings is 2. The Morgan fingerprint density at radius 2 is 1.25 bits per heavy atom. The number of ether oxygens (including phenoxy) is 1. The van der Waals surface area contributed by atoms with E-state index in [-0.39, 0.29) is 0 Å². The summed E-state index contributed by atoms with van der Waals surface area (Å²) in [5, 5.41) is 0. The molecule has 0 heterocycles. The number of rotatable bonds is 7. The number of hydrogen-bond donors (Lipinski definition) is 1. The summed E-state index contributed by atoms with van der Waals surface area (Å²) in [6.45, 7) is 1.31. The van der Waals surface area contributed by atoms with Gasteiger partial charge in [-0.25, -0.2) is 0 Å². The Bertz CT molecular complexity index is 506. The molecule has 0 radical (unpaired) electrons. The number of hydrogen-bond acceptors (Lipinski definition) is 3. The van der Waals surface area contributed by atoms with Gasteiger partial charge < -0.3 is 4.74 Å². The summed E-state index contributed by atoms with van der Waals surface area (Å²) in [4.78, 5) is 0. The first-order valence-electron chi connectivity index (χ1n) is 6.65. The maximum Gasteiger partial charge on any atom is 0.0721 e. The minimum Gasteiger partial charge on any atom is -0.372 e. The zero-order valence-electron chi connectivity index (χ0n) is 11.7. The standard InChI is InChI=1S/C17H20OS2/c1-20-13-17-8-4-15(5-9-17)11-18-10-14-2-6-16(12-19)7-3-14/h2-9,19H,10-13H2,1H3. The molecule has 0 amide bonds. The van der Waals surface area contributed by atoms with Crippen molar-refractivity contribution in [3.05, 3.63) is 70.8 Å². The van der Waals surface area contributed by atoms with E-state index in [1.54, 1.807) is 0 Å². The van der Waals surface area contributed by atoms with Gasteiger partial charge in [-0.05, 0) is 28.5 Å². The van der Waals surface area contributed by atoms with Gasteiger partial charge in [0.2, 0.25) is 0 Å². The highest BCUT2D eigenvalue weighted by Crippen LogP contribution is 2.12. The van der Waals surface area contributed by atoms with Gasteiger partial charge in [0.05, 0.1) is 13.2 Å². The van der Waals surface area contributed by atoms with Crippen molar-refractivity contribution in [1.82, 2.24) is 0 Å². The molecule has 0 saturated carbocycles. The Kier molecular flexibility index (Phi) is 6.51. The lowest BCUT2D eigenvalue weighted by Crippen LogP contribution is -1.94. The van der Waals surface area contributed by atoms with Gasteiger partial charge in [-0.1, -0.05) is 48.5 Å². The van der Waals surface area contributed by atoms with E-state index in [0.29, 0.717) is 13.2 Å². The van der Waals surface area contributed by atoms with Gasteiger partial charge in [0.25, 0.3) is 0 Å². The average molecular weight is 304 g/mol. The molecule has 0 atom stereocenters. The van der Waals surface area contributed by atoms with Crippen LogP contribution in [0, 0.1) is 0 Å². The topological polar surface area (TPSA) is 9.23 Å². The lowest BCUT2D eigenvalue weighted by molar-refractivity contribution is 0.107.